The van der Waals surface area contributed by atoms with Gasteiger partial charge in [-0.25, -0.2) is 4.98 Å². The number of piperazine rings is 1. The van der Waals surface area contributed by atoms with E-state index in [0.717, 1.165) is 37.9 Å². The summed E-state index contributed by atoms with van der Waals surface area (Å²) in [6, 6.07) is 4.42. The molecule has 0 aromatic carbocycles. The second kappa shape index (κ2) is 7.08. The van der Waals surface area contributed by atoms with E-state index in [9.17, 15) is 0 Å². The summed E-state index contributed by atoms with van der Waals surface area (Å²) in [7, 11) is 0. The summed E-state index contributed by atoms with van der Waals surface area (Å²) >= 11 is 1.67. The van der Waals surface area contributed by atoms with Crippen molar-refractivity contribution in [3.63, 3.8) is 0 Å². The number of hydrogen-bond donors (Lipinski definition) is 0. The fourth-order valence-corrected chi connectivity index (χ4v) is 2.94. The average Bonchev–Trinajstić information content (AvgIpc) is 2.98. The summed E-state index contributed by atoms with van der Waals surface area (Å²) in [6.07, 6.45) is 2.98. The highest BCUT2D eigenvalue weighted by atomic mass is 32.1. The van der Waals surface area contributed by atoms with Crippen LogP contribution >= 0.6 is 11.3 Å². The molecule has 1 aliphatic heterocycles. The van der Waals surface area contributed by atoms with Crippen LogP contribution in [-0.4, -0.2) is 42.6 Å². The first kappa shape index (κ1) is 13.8. The van der Waals surface area contributed by atoms with Gasteiger partial charge in [-0.15, -0.1) is 11.3 Å². The lowest BCUT2D eigenvalue weighted by Crippen LogP contribution is -2.47. The molecule has 0 radical (unpaired) electrons. The van der Waals surface area contributed by atoms with Crippen molar-refractivity contribution < 1.29 is 0 Å². The predicted octanol–water partition coefficient (Wildman–Crippen LogP) is 1.71. The smallest absolute Gasteiger partial charge is 0.185 e. The van der Waals surface area contributed by atoms with Gasteiger partial charge in [-0.2, -0.15) is 10.5 Å². The lowest BCUT2D eigenvalue weighted by atomic mass is 10.0. The van der Waals surface area contributed by atoms with Crippen molar-refractivity contribution in [3.05, 3.63) is 11.6 Å². The van der Waals surface area contributed by atoms with Crippen molar-refractivity contribution in [2.24, 2.45) is 5.92 Å². The Hall–Kier alpha value is -1.63. The topological polar surface area (TPSA) is 67.0 Å². The van der Waals surface area contributed by atoms with Gasteiger partial charge in [0.15, 0.2) is 5.13 Å². The zero-order chi connectivity index (χ0) is 13.5. The summed E-state index contributed by atoms with van der Waals surface area (Å²) in [6.45, 7) is 4.63. The average molecular weight is 275 g/mol. The fraction of sp³-hybridized carbons (Fsp3) is 0.615. The van der Waals surface area contributed by atoms with Crippen LogP contribution in [0.2, 0.25) is 0 Å². The van der Waals surface area contributed by atoms with Gasteiger partial charge in [-0.3, -0.25) is 4.90 Å². The number of thiazole rings is 1. The van der Waals surface area contributed by atoms with Crippen LogP contribution in [0.25, 0.3) is 0 Å². The van der Waals surface area contributed by atoms with Gasteiger partial charge < -0.3 is 4.90 Å². The van der Waals surface area contributed by atoms with Gasteiger partial charge in [-0.05, 0) is 6.42 Å². The quantitative estimate of drug-likeness (QED) is 0.818. The van der Waals surface area contributed by atoms with Crippen molar-refractivity contribution >= 4 is 16.5 Å². The summed E-state index contributed by atoms with van der Waals surface area (Å²) in [5.41, 5.74) is 0. The molecule has 1 aromatic heterocycles. The number of nitriles is 2. The monoisotopic (exact) mass is 275 g/mol. The maximum Gasteiger partial charge on any atom is 0.185 e. The lowest BCUT2D eigenvalue weighted by molar-refractivity contribution is 0.233. The third kappa shape index (κ3) is 3.92. The molecule has 2 rings (SSSR count). The first-order valence-electron chi connectivity index (χ1n) is 6.47. The molecular formula is C13H17N5S. The Morgan fingerprint density at radius 3 is 2.68 bits per heavy atom. The molecule has 19 heavy (non-hydrogen) atoms. The van der Waals surface area contributed by atoms with Crippen LogP contribution in [-0.2, 0) is 0 Å². The highest BCUT2D eigenvalue weighted by Gasteiger charge is 2.21. The first-order valence-corrected chi connectivity index (χ1v) is 7.35. The second-order valence-corrected chi connectivity index (χ2v) is 5.50. The van der Waals surface area contributed by atoms with Crippen LogP contribution in [0.15, 0.2) is 11.6 Å². The Morgan fingerprint density at radius 1 is 1.32 bits per heavy atom. The van der Waals surface area contributed by atoms with E-state index in [4.69, 9.17) is 10.5 Å². The molecule has 0 spiro atoms. The zero-order valence-corrected chi connectivity index (χ0v) is 11.6. The molecule has 0 aliphatic carbocycles. The summed E-state index contributed by atoms with van der Waals surface area (Å²) in [5, 5.41) is 20.7. The Balaban J connectivity index is 1.77. The molecule has 1 unspecified atom stereocenters. The van der Waals surface area contributed by atoms with E-state index in [2.05, 4.69) is 26.9 Å². The number of aromatic nitrogens is 1. The maximum atomic E-state index is 9.08. The number of anilines is 1. The van der Waals surface area contributed by atoms with Crippen LogP contribution in [0.4, 0.5) is 5.13 Å². The van der Waals surface area contributed by atoms with E-state index < -0.39 is 0 Å². The first-order chi connectivity index (χ1) is 9.33. The molecule has 1 aromatic rings. The van der Waals surface area contributed by atoms with Crippen LogP contribution in [0, 0.1) is 28.6 Å². The Labute approximate surface area is 117 Å². The molecule has 1 aliphatic rings. The molecule has 100 valence electrons. The molecule has 1 saturated heterocycles. The van der Waals surface area contributed by atoms with Crippen LogP contribution < -0.4 is 4.90 Å². The van der Waals surface area contributed by atoms with Gasteiger partial charge in [0.05, 0.1) is 18.1 Å². The highest BCUT2D eigenvalue weighted by molar-refractivity contribution is 7.13. The predicted molar refractivity (Wildman–Crippen MR) is 74.7 cm³/mol. The molecular weight excluding hydrogens is 258 g/mol. The normalized spacial score (nSPS) is 17.7. The second-order valence-electron chi connectivity index (χ2n) is 4.63. The lowest BCUT2D eigenvalue weighted by Gasteiger charge is -2.35. The van der Waals surface area contributed by atoms with Crippen LogP contribution in [0.1, 0.15) is 12.8 Å². The molecule has 0 N–H and O–H groups in total. The minimum absolute atomic E-state index is 0.0222. The van der Waals surface area contributed by atoms with Crippen molar-refractivity contribution in [1.82, 2.24) is 9.88 Å². The third-order valence-corrected chi connectivity index (χ3v) is 4.16. The Kier molecular flexibility index (Phi) is 5.14. The van der Waals surface area contributed by atoms with Crippen LogP contribution in [0.5, 0.6) is 0 Å². The SMILES string of the molecule is N#CCCC(C#N)CN1CCN(c2nccs2)CC1. The van der Waals surface area contributed by atoms with Crippen molar-refractivity contribution in [1.29, 1.82) is 10.5 Å². The van der Waals surface area contributed by atoms with Gasteiger partial charge in [0, 0.05) is 50.7 Å². The van der Waals surface area contributed by atoms with E-state index in [1.54, 1.807) is 11.3 Å². The summed E-state index contributed by atoms with van der Waals surface area (Å²) in [5.74, 6) is -0.0222. The maximum absolute atomic E-state index is 9.08. The minimum Gasteiger partial charge on any atom is -0.346 e. The molecule has 5 nitrogen and oxygen atoms in total. The molecule has 0 bridgehead atoms. The van der Waals surface area contributed by atoms with Gasteiger partial charge in [0.2, 0.25) is 0 Å². The van der Waals surface area contributed by atoms with E-state index in [1.165, 1.54) is 0 Å². The zero-order valence-electron chi connectivity index (χ0n) is 10.8. The molecule has 0 amide bonds. The van der Waals surface area contributed by atoms with Crippen molar-refractivity contribution in [2.75, 3.05) is 37.6 Å². The molecule has 1 fully saturated rings. The number of nitrogens with zero attached hydrogens (tertiary/aromatic N) is 5. The molecule has 6 heteroatoms. The Morgan fingerprint density at radius 2 is 2.11 bits per heavy atom. The van der Waals surface area contributed by atoms with Crippen LogP contribution in [0.3, 0.4) is 0 Å². The number of hydrogen-bond acceptors (Lipinski definition) is 6. The summed E-state index contributed by atoms with van der Waals surface area (Å²) < 4.78 is 0. The number of rotatable bonds is 5. The van der Waals surface area contributed by atoms with Gasteiger partial charge >= 0.3 is 0 Å². The Bertz CT molecular complexity index is 450. The van der Waals surface area contributed by atoms with Gasteiger partial charge in [-0.1, -0.05) is 0 Å². The third-order valence-electron chi connectivity index (χ3n) is 3.33. The largest absolute Gasteiger partial charge is 0.346 e. The minimum atomic E-state index is -0.0222. The van der Waals surface area contributed by atoms with Crippen molar-refractivity contribution in [2.45, 2.75) is 12.8 Å². The molecule has 1 atom stereocenters. The highest BCUT2D eigenvalue weighted by Crippen LogP contribution is 2.19. The fourth-order valence-electron chi connectivity index (χ4n) is 2.24. The molecule has 2 heterocycles. The van der Waals surface area contributed by atoms with E-state index in [1.807, 2.05) is 11.6 Å². The summed E-state index contributed by atoms with van der Waals surface area (Å²) in [4.78, 5) is 8.92. The standard InChI is InChI=1S/C13H17N5S/c14-3-1-2-12(10-15)11-17-5-7-18(8-6-17)13-16-4-9-19-13/h4,9,12H,1-2,5-8,11H2. The van der Waals surface area contributed by atoms with Crippen molar-refractivity contribution in [3.8, 4) is 12.1 Å². The van der Waals surface area contributed by atoms with E-state index in [0.29, 0.717) is 12.8 Å². The van der Waals surface area contributed by atoms with Gasteiger partial charge in [0.1, 0.15) is 0 Å². The van der Waals surface area contributed by atoms with E-state index >= 15 is 0 Å². The van der Waals surface area contributed by atoms with Gasteiger partial charge in [0.25, 0.3) is 0 Å². The van der Waals surface area contributed by atoms with E-state index in [-0.39, 0.29) is 5.92 Å². The molecule has 0 saturated carbocycles.